The quantitative estimate of drug-likeness (QED) is 0.596. The van der Waals surface area contributed by atoms with Crippen molar-refractivity contribution in [3.63, 3.8) is 0 Å². The number of nitrogens with two attached hydrogens (primary N) is 1. The molecule has 2 N–H and O–H groups in total. The van der Waals surface area contributed by atoms with Gasteiger partial charge in [0, 0.05) is 5.69 Å². The van der Waals surface area contributed by atoms with E-state index in [1.807, 2.05) is 12.1 Å². The van der Waals surface area contributed by atoms with E-state index in [0.29, 0.717) is 0 Å². The van der Waals surface area contributed by atoms with Gasteiger partial charge in [-0.25, -0.2) is 0 Å². The van der Waals surface area contributed by atoms with Gasteiger partial charge >= 0.3 is 0 Å². The zero-order valence-electron chi connectivity index (χ0n) is 13.0. The van der Waals surface area contributed by atoms with Gasteiger partial charge in [-0.05, 0) is 85.7 Å². The highest BCUT2D eigenvalue weighted by atomic mass is 14.5. The maximum atomic E-state index is 5.91. The van der Waals surface area contributed by atoms with Crippen LogP contribution in [-0.2, 0) is 0 Å². The average Bonchev–Trinajstić information content (AvgIpc) is 2.32. The maximum Gasteiger partial charge on any atom is 0.0319 e. The third kappa shape index (κ3) is 2.77. The highest BCUT2D eigenvalue weighted by Gasteiger charge is 2.07. The SMILES string of the molecule is C/C(=C\c1c(C)cccc1C)c1c(C)cc(N)cc1C. The molecule has 0 unspecified atom stereocenters. The minimum atomic E-state index is 0.837. The maximum absolute atomic E-state index is 5.91. The lowest BCUT2D eigenvalue weighted by atomic mass is 9.92. The van der Waals surface area contributed by atoms with Crippen LogP contribution in [-0.4, -0.2) is 0 Å². The first-order valence-electron chi connectivity index (χ1n) is 7.01. The molecule has 0 amide bonds. The minimum absolute atomic E-state index is 0.837. The smallest absolute Gasteiger partial charge is 0.0319 e. The van der Waals surface area contributed by atoms with Gasteiger partial charge in [0.25, 0.3) is 0 Å². The van der Waals surface area contributed by atoms with E-state index in [-0.39, 0.29) is 0 Å². The standard InChI is InChI=1S/C19H23N/c1-12-7-6-8-13(2)18(12)11-16(5)19-14(3)9-17(20)10-15(19)4/h6-11H,20H2,1-5H3/b16-11+. The zero-order valence-corrected chi connectivity index (χ0v) is 13.0. The largest absolute Gasteiger partial charge is 0.399 e. The molecule has 2 aromatic rings. The predicted octanol–water partition coefficient (Wildman–Crippen LogP) is 5.06. The van der Waals surface area contributed by atoms with E-state index in [9.17, 15) is 0 Å². The molecule has 1 nitrogen and oxygen atoms in total. The van der Waals surface area contributed by atoms with Gasteiger partial charge in [0.2, 0.25) is 0 Å². The van der Waals surface area contributed by atoms with Crippen LogP contribution in [0.25, 0.3) is 11.6 Å². The molecule has 0 bridgehead atoms. The lowest BCUT2D eigenvalue weighted by molar-refractivity contribution is 1.32. The average molecular weight is 265 g/mol. The van der Waals surface area contributed by atoms with Crippen LogP contribution in [0.1, 0.15) is 40.3 Å². The molecule has 0 aliphatic carbocycles. The molecule has 0 saturated heterocycles. The Kier molecular flexibility index (Phi) is 3.99. The first-order chi connectivity index (χ1) is 9.40. The van der Waals surface area contributed by atoms with Crippen LogP contribution >= 0.6 is 0 Å². The number of hydrogen-bond acceptors (Lipinski definition) is 1. The summed E-state index contributed by atoms with van der Waals surface area (Å²) >= 11 is 0. The monoisotopic (exact) mass is 265 g/mol. The Morgan fingerprint density at radius 2 is 1.40 bits per heavy atom. The molecule has 0 atom stereocenters. The van der Waals surface area contributed by atoms with Gasteiger partial charge < -0.3 is 5.73 Å². The van der Waals surface area contributed by atoms with E-state index >= 15 is 0 Å². The Hall–Kier alpha value is -2.02. The van der Waals surface area contributed by atoms with E-state index in [1.165, 1.54) is 39.0 Å². The van der Waals surface area contributed by atoms with Crippen molar-refractivity contribution in [2.75, 3.05) is 5.73 Å². The van der Waals surface area contributed by atoms with Crippen LogP contribution in [0.5, 0.6) is 0 Å². The normalized spacial score (nSPS) is 11.8. The number of anilines is 1. The topological polar surface area (TPSA) is 26.0 Å². The van der Waals surface area contributed by atoms with Gasteiger partial charge in [-0.1, -0.05) is 24.3 Å². The van der Waals surface area contributed by atoms with E-state index in [2.05, 4.69) is 58.9 Å². The third-order valence-corrected chi connectivity index (χ3v) is 3.85. The number of benzene rings is 2. The van der Waals surface area contributed by atoms with Gasteiger partial charge in [-0.3, -0.25) is 0 Å². The summed E-state index contributed by atoms with van der Waals surface area (Å²) in [4.78, 5) is 0. The lowest BCUT2D eigenvalue weighted by Gasteiger charge is -2.13. The van der Waals surface area contributed by atoms with Crippen LogP contribution < -0.4 is 5.73 Å². The molecule has 0 aromatic heterocycles. The summed E-state index contributed by atoms with van der Waals surface area (Å²) in [5.41, 5.74) is 15.8. The first-order valence-corrected chi connectivity index (χ1v) is 7.01. The van der Waals surface area contributed by atoms with Gasteiger partial charge in [0.1, 0.15) is 0 Å². The number of allylic oxidation sites excluding steroid dienone is 1. The van der Waals surface area contributed by atoms with Crippen LogP contribution in [0, 0.1) is 27.7 Å². The predicted molar refractivity (Wildman–Crippen MR) is 89.8 cm³/mol. The van der Waals surface area contributed by atoms with Crippen molar-refractivity contribution in [2.45, 2.75) is 34.6 Å². The summed E-state index contributed by atoms with van der Waals surface area (Å²) in [6, 6.07) is 10.5. The van der Waals surface area contributed by atoms with Crippen molar-refractivity contribution in [3.8, 4) is 0 Å². The van der Waals surface area contributed by atoms with Crippen LogP contribution in [0.3, 0.4) is 0 Å². The van der Waals surface area contributed by atoms with Gasteiger partial charge in [-0.15, -0.1) is 0 Å². The molecule has 2 aromatic carbocycles. The summed E-state index contributed by atoms with van der Waals surface area (Å²) in [5, 5.41) is 0. The molecular formula is C19H23N. The number of aryl methyl sites for hydroxylation is 4. The molecule has 104 valence electrons. The second kappa shape index (κ2) is 5.54. The number of nitrogen functional groups attached to an aromatic ring is 1. The van der Waals surface area contributed by atoms with Crippen LogP contribution in [0.2, 0.25) is 0 Å². The molecule has 2 rings (SSSR count). The van der Waals surface area contributed by atoms with Crippen molar-refractivity contribution in [2.24, 2.45) is 0 Å². The van der Waals surface area contributed by atoms with E-state index in [1.54, 1.807) is 0 Å². The fourth-order valence-corrected chi connectivity index (χ4v) is 2.96. The molecule has 0 spiro atoms. The van der Waals surface area contributed by atoms with Crippen molar-refractivity contribution < 1.29 is 0 Å². The summed E-state index contributed by atoms with van der Waals surface area (Å²) in [6.45, 7) is 10.8. The third-order valence-electron chi connectivity index (χ3n) is 3.85. The Balaban J connectivity index is 2.57. The summed E-state index contributed by atoms with van der Waals surface area (Å²) in [5.74, 6) is 0. The van der Waals surface area contributed by atoms with Crippen molar-refractivity contribution in [3.05, 3.63) is 63.7 Å². The van der Waals surface area contributed by atoms with Crippen molar-refractivity contribution >= 4 is 17.3 Å². The Morgan fingerprint density at radius 1 is 0.900 bits per heavy atom. The van der Waals surface area contributed by atoms with Gasteiger partial charge in [0.15, 0.2) is 0 Å². The summed E-state index contributed by atoms with van der Waals surface area (Å²) < 4.78 is 0. The molecule has 0 aliphatic heterocycles. The van der Waals surface area contributed by atoms with Crippen molar-refractivity contribution in [1.29, 1.82) is 0 Å². The molecular weight excluding hydrogens is 242 g/mol. The van der Waals surface area contributed by atoms with E-state index in [4.69, 9.17) is 5.73 Å². The van der Waals surface area contributed by atoms with Crippen LogP contribution in [0.4, 0.5) is 5.69 Å². The summed E-state index contributed by atoms with van der Waals surface area (Å²) in [6.07, 6.45) is 2.29. The Labute approximate surface area is 122 Å². The second-order valence-electron chi connectivity index (χ2n) is 5.66. The highest BCUT2D eigenvalue weighted by molar-refractivity contribution is 5.85. The van der Waals surface area contributed by atoms with Gasteiger partial charge in [-0.2, -0.15) is 0 Å². The van der Waals surface area contributed by atoms with E-state index < -0.39 is 0 Å². The molecule has 0 saturated carbocycles. The Bertz CT molecular complexity index is 635. The number of rotatable bonds is 2. The van der Waals surface area contributed by atoms with Gasteiger partial charge in [0.05, 0.1) is 0 Å². The molecule has 20 heavy (non-hydrogen) atoms. The van der Waals surface area contributed by atoms with Crippen molar-refractivity contribution in [1.82, 2.24) is 0 Å². The summed E-state index contributed by atoms with van der Waals surface area (Å²) in [7, 11) is 0. The first kappa shape index (κ1) is 14.4. The molecule has 0 aliphatic rings. The fourth-order valence-electron chi connectivity index (χ4n) is 2.96. The second-order valence-corrected chi connectivity index (χ2v) is 5.66. The Morgan fingerprint density at radius 3 is 1.90 bits per heavy atom. The zero-order chi connectivity index (χ0) is 14.9. The fraction of sp³-hybridized carbons (Fsp3) is 0.263. The van der Waals surface area contributed by atoms with Crippen LogP contribution in [0.15, 0.2) is 30.3 Å². The lowest BCUT2D eigenvalue weighted by Crippen LogP contribution is -1.95. The highest BCUT2D eigenvalue weighted by Crippen LogP contribution is 2.28. The molecule has 0 radical (unpaired) electrons. The molecule has 0 fully saturated rings. The molecule has 0 heterocycles. The molecule has 1 heteroatoms. The van der Waals surface area contributed by atoms with E-state index in [0.717, 1.165) is 5.69 Å². The minimum Gasteiger partial charge on any atom is -0.399 e. The number of hydrogen-bond donors (Lipinski definition) is 1.